The fourth-order valence-electron chi connectivity index (χ4n) is 1.80. The number of rotatable bonds is 2. The molecule has 6 heteroatoms. The second-order valence-electron chi connectivity index (χ2n) is 3.83. The maximum Gasteiger partial charge on any atom is 0.250 e. The molecule has 0 aromatic carbocycles. The zero-order chi connectivity index (χ0) is 11.6. The van der Waals surface area contributed by atoms with Crippen LogP contribution in [0.4, 0.5) is 8.78 Å². The zero-order valence-corrected chi connectivity index (χ0v) is 9.38. The van der Waals surface area contributed by atoms with Gasteiger partial charge in [-0.15, -0.1) is 11.3 Å². The Morgan fingerprint density at radius 2 is 2.19 bits per heavy atom. The second kappa shape index (κ2) is 4.44. The highest BCUT2D eigenvalue weighted by molar-refractivity contribution is 7.09. The average molecular weight is 243 g/mol. The largest absolute Gasteiger partial charge is 0.283 e. The first-order valence-corrected chi connectivity index (χ1v) is 5.90. The van der Waals surface area contributed by atoms with Crippen molar-refractivity contribution in [2.45, 2.75) is 24.8 Å². The van der Waals surface area contributed by atoms with Crippen molar-refractivity contribution < 1.29 is 8.78 Å². The van der Waals surface area contributed by atoms with E-state index >= 15 is 0 Å². The molecule has 2 heterocycles. The molecule has 1 aromatic rings. The zero-order valence-electron chi connectivity index (χ0n) is 8.57. The third kappa shape index (κ3) is 2.36. The van der Waals surface area contributed by atoms with Crippen LogP contribution in [0.2, 0.25) is 0 Å². The Labute approximate surface area is 96.3 Å². The topological polar surface area (TPSA) is 39.9 Å². The monoisotopic (exact) mass is 243 g/mol. The number of aromatic nitrogens is 1. The molecule has 1 aliphatic heterocycles. The van der Waals surface area contributed by atoms with Crippen molar-refractivity contribution in [3.8, 4) is 6.07 Å². The van der Waals surface area contributed by atoms with Crippen LogP contribution in [0.5, 0.6) is 0 Å². The smallest absolute Gasteiger partial charge is 0.250 e. The highest BCUT2D eigenvalue weighted by atomic mass is 32.1. The summed E-state index contributed by atoms with van der Waals surface area (Å²) in [5.41, 5.74) is 1.65. The molecule has 0 amide bonds. The number of halogens is 2. The van der Waals surface area contributed by atoms with E-state index in [9.17, 15) is 8.78 Å². The summed E-state index contributed by atoms with van der Waals surface area (Å²) >= 11 is 1.39. The van der Waals surface area contributed by atoms with Gasteiger partial charge in [-0.05, 0) is 0 Å². The molecular formula is C10H11F2N3S. The predicted molar refractivity (Wildman–Crippen MR) is 56.2 cm³/mol. The predicted octanol–water partition coefficient (Wildman–Crippen LogP) is 2.44. The van der Waals surface area contributed by atoms with Crippen molar-refractivity contribution in [2.75, 3.05) is 13.1 Å². The molecule has 0 bridgehead atoms. The van der Waals surface area contributed by atoms with E-state index in [-0.39, 0.29) is 25.9 Å². The minimum Gasteiger partial charge on any atom is -0.283 e. The van der Waals surface area contributed by atoms with Gasteiger partial charge in [-0.25, -0.2) is 8.78 Å². The van der Waals surface area contributed by atoms with Crippen LogP contribution in [0.3, 0.4) is 0 Å². The Kier molecular flexibility index (Phi) is 3.17. The Morgan fingerprint density at radius 3 is 2.69 bits per heavy atom. The van der Waals surface area contributed by atoms with Crippen molar-refractivity contribution in [3.63, 3.8) is 0 Å². The summed E-state index contributed by atoms with van der Waals surface area (Å²) in [6.45, 7) is 0.534. The van der Waals surface area contributed by atoms with Crippen molar-refractivity contribution in [1.82, 2.24) is 9.88 Å². The number of hydrogen-bond acceptors (Lipinski definition) is 4. The Balaban J connectivity index is 2.05. The summed E-state index contributed by atoms with van der Waals surface area (Å²) in [4.78, 5) is 6.53. The Morgan fingerprint density at radius 1 is 1.50 bits per heavy atom. The summed E-state index contributed by atoms with van der Waals surface area (Å²) in [5, 5.41) is 9.08. The molecule has 1 unspecified atom stereocenters. The minimum atomic E-state index is -2.57. The quantitative estimate of drug-likeness (QED) is 0.801. The van der Waals surface area contributed by atoms with E-state index in [0.29, 0.717) is 0 Å². The molecule has 2 rings (SSSR count). The fourth-order valence-corrected chi connectivity index (χ4v) is 2.49. The van der Waals surface area contributed by atoms with E-state index in [2.05, 4.69) is 11.1 Å². The normalized spacial score (nSPS) is 22.6. The van der Waals surface area contributed by atoms with Gasteiger partial charge in [-0.2, -0.15) is 5.26 Å². The highest BCUT2D eigenvalue weighted by Gasteiger charge is 2.36. The van der Waals surface area contributed by atoms with Crippen LogP contribution in [0.25, 0.3) is 0 Å². The molecule has 16 heavy (non-hydrogen) atoms. The molecule has 1 fully saturated rings. The molecule has 1 aliphatic rings. The van der Waals surface area contributed by atoms with Gasteiger partial charge in [0, 0.05) is 32.1 Å². The van der Waals surface area contributed by atoms with E-state index < -0.39 is 12.0 Å². The first kappa shape index (κ1) is 11.4. The lowest BCUT2D eigenvalue weighted by Crippen LogP contribution is -2.40. The molecule has 0 aliphatic carbocycles. The van der Waals surface area contributed by atoms with E-state index in [0.717, 1.165) is 4.88 Å². The van der Waals surface area contributed by atoms with E-state index in [1.165, 1.54) is 11.3 Å². The minimum absolute atomic E-state index is 0.163. The van der Waals surface area contributed by atoms with Crippen molar-refractivity contribution >= 4 is 11.3 Å². The van der Waals surface area contributed by atoms with Gasteiger partial charge in [0.2, 0.25) is 0 Å². The van der Waals surface area contributed by atoms with Gasteiger partial charge in [0.15, 0.2) is 0 Å². The van der Waals surface area contributed by atoms with Gasteiger partial charge in [0.25, 0.3) is 5.92 Å². The number of piperidine rings is 1. The van der Waals surface area contributed by atoms with Gasteiger partial charge in [-0.1, -0.05) is 0 Å². The lowest BCUT2D eigenvalue weighted by atomic mass is 10.0. The molecule has 86 valence electrons. The number of likely N-dealkylation sites (tertiary alicyclic amines) is 1. The second-order valence-corrected chi connectivity index (χ2v) is 4.75. The third-order valence-electron chi connectivity index (χ3n) is 2.74. The van der Waals surface area contributed by atoms with Crippen LogP contribution in [0.15, 0.2) is 11.7 Å². The standard InChI is InChI=1S/C10H11F2N3S/c11-10(12)1-3-15(4-2-10)8(5-13)9-6-14-7-16-9/h6-8H,1-4H2. The average Bonchev–Trinajstić information content (AvgIpc) is 2.75. The highest BCUT2D eigenvalue weighted by Crippen LogP contribution is 2.32. The SMILES string of the molecule is N#CC(c1cncs1)N1CCC(F)(F)CC1. The molecule has 0 N–H and O–H groups in total. The maximum atomic E-state index is 13.0. The number of thiazole rings is 1. The lowest BCUT2D eigenvalue weighted by Gasteiger charge is -2.33. The summed E-state index contributed by atoms with van der Waals surface area (Å²) in [6.07, 6.45) is 1.30. The Bertz CT molecular complexity index is 375. The summed E-state index contributed by atoms with van der Waals surface area (Å²) in [5.74, 6) is -2.57. The molecule has 1 atom stereocenters. The molecular weight excluding hydrogens is 232 g/mol. The van der Waals surface area contributed by atoms with Crippen LogP contribution >= 0.6 is 11.3 Å². The van der Waals surface area contributed by atoms with Crippen LogP contribution < -0.4 is 0 Å². The van der Waals surface area contributed by atoms with Crippen molar-refractivity contribution in [2.24, 2.45) is 0 Å². The number of nitrogens with zero attached hydrogens (tertiary/aromatic N) is 3. The third-order valence-corrected chi connectivity index (χ3v) is 3.57. The van der Waals surface area contributed by atoms with Gasteiger partial charge < -0.3 is 0 Å². The fraction of sp³-hybridized carbons (Fsp3) is 0.600. The maximum absolute atomic E-state index is 13.0. The van der Waals surface area contributed by atoms with Gasteiger partial charge in [-0.3, -0.25) is 9.88 Å². The molecule has 1 saturated heterocycles. The van der Waals surface area contributed by atoms with E-state index in [1.807, 2.05) is 0 Å². The molecule has 3 nitrogen and oxygen atoms in total. The van der Waals surface area contributed by atoms with Gasteiger partial charge in [0.1, 0.15) is 6.04 Å². The van der Waals surface area contributed by atoms with Gasteiger partial charge >= 0.3 is 0 Å². The molecule has 0 spiro atoms. The number of alkyl halides is 2. The first-order chi connectivity index (χ1) is 7.62. The summed E-state index contributed by atoms with van der Waals surface area (Å²) < 4.78 is 25.9. The summed E-state index contributed by atoms with van der Waals surface area (Å²) in [7, 11) is 0. The van der Waals surface area contributed by atoms with Crippen LogP contribution in [0.1, 0.15) is 23.8 Å². The van der Waals surface area contributed by atoms with Crippen molar-refractivity contribution in [1.29, 1.82) is 5.26 Å². The number of hydrogen-bond donors (Lipinski definition) is 0. The van der Waals surface area contributed by atoms with E-state index in [4.69, 9.17) is 5.26 Å². The Hall–Kier alpha value is -1.06. The summed E-state index contributed by atoms with van der Waals surface area (Å²) in [6, 6.07) is 1.73. The molecule has 0 radical (unpaired) electrons. The van der Waals surface area contributed by atoms with E-state index in [1.54, 1.807) is 16.6 Å². The lowest BCUT2D eigenvalue weighted by molar-refractivity contribution is -0.0592. The van der Waals surface area contributed by atoms with Crippen LogP contribution in [-0.2, 0) is 0 Å². The number of nitriles is 1. The van der Waals surface area contributed by atoms with Crippen LogP contribution in [0, 0.1) is 11.3 Å². The van der Waals surface area contributed by atoms with Crippen molar-refractivity contribution in [3.05, 3.63) is 16.6 Å². The molecule has 0 saturated carbocycles. The molecule has 1 aromatic heterocycles. The first-order valence-electron chi connectivity index (χ1n) is 5.02. The van der Waals surface area contributed by atoms with Crippen LogP contribution in [-0.4, -0.2) is 28.9 Å². The van der Waals surface area contributed by atoms with Gasteiger partial charge in [0.05, 0.1) is 16.5 Å².